The minimum atomic E-state index is -1.79. The summed E-state index contributed by atoms with van der Waals surface area (Å²) in [5, 5.41) is 19.3. The molecule has 0 amide bonds. The van der Waals surface area contributed by atoms with Gasteiger partial charge in [-0.05, 0) is 38.2 Å². The highest BCUT2D eigenvalue weighted by atomic mass is 16.5. The Morgan fingerprint density at radius 1 is 1.12 bits per heavy atom. The van der Waals surface area contributed by atoms with E-state index in [1.54, 1.807) is 6.20 Å². The molecule has 2 N–H and O–H groups in total. The molecule has 0 saturated carbocycles. The van der Waals surface area contributed by atoms with E-state index in [9.17, 15) is 15.0 Å². The third-order valence-corrected chi connectivity index (χ3v) is 5.13. The van der Waals surface area contributed by atoms with Crippen LogP contribution in [0.5, 0.6) is 0 Å². The second-order valence-corrected chi connectivity index (χ2v) is 6.83. The summed E-state index contributed by atoms with van der Waals surface area (Å²) in [6.07, 6.45) is 3.55. The summed E-state index contributed by atoms with van der Waals surface area (Å²) in [6.45, 7) is 5.58. The first kappa shape index (κ1) is 17.9. The lowest BCUT2D eigenvalue weighted by Crippen LogP contribution is -2.26. The highest BCUT2D eigenvalue weighted by Gasteiger charge is 2.23. The van der Waals surface area contributed by atoms with Gasteiger partial charge < -0.3 is 19.5 Å². The predicted molar refractivity (Wildman–Crippen MR) is 96.3 cm³/mol. The lowest BCUT2D eigenvalue weighted by molar-refractivity contribution is -0.0438. The van der Waals surface area contributed by atoms with E-state index in [0.29, 0.717) is 11.5 Å². The Balaban J connectivity index is 2.06. The summed E-state index contributed by atoms with van der Waals surface area (Å²) < 4.78 is 7.38. The highest BCUT2D eigenvalue weighted by Crippen LogP contribution is 2.29. The van der Waals surface area contributed by atoms with Gasteiger partial charge in [0.2, 0.25) is 0 Å². The van der Waals surface area contributed by atoms with Gasteiger partial charge in [-0.2, -0.15) is 0 Å². The fourth-order valence-electron chi connectivity index (χ4n) is 3.42. The quantitative estimate of drug-likeness (QED) is 0.838. The SMILES string of the molecule is Cc1ccc(-c2cn([C@H](C)C3CCOCC3)cc(C(O)O)c2=O)cc1. The minimum Gasteiger partial charge on any atom is -0.381 e. The largest absolute Gasteiger partial charge is 0.381 e. The van der Waals surface area contributed by atoms with Gasteiger partial charge >= 0.3 is 0 Å². The molecule has 1 aliphatic rings. The maximum Gasteiger partial charge on any atom is 0.197 e. The third kappa shape index (κ3) is 3.84. The van der Waals surface area contributed by atoms with Crippen molar-refractivity contribution >= 4 is 0 Å². The van der Waals surface area contributed by atoms with Gasteiger partial charge in [-0.15, -0.1) is 0 Å². The van der Waals surface area contributed by atoms with Crippen molar-refractivity contribution in [3.63, 3.8) is 0 Å². The van der Waals surface area contributed by atoms with Gasteiger partial charge in [0.05, 0.1) is 5.56 Å². The molecule has 0 aliphatic carbocycles. The van der Waals surface area contributed by atoms with Gasteiger partial charge in [0, 0.05) is 37.2 Å². The van der Waals surface area contributed by atoms with Gasteiger partial charge in [0.1, 0.15) is 0 Å². The van der Waals surface area contributed by atoms with Crippen LogP contribution in [-0.4, -0.2) is 28.0 Å². The molecule has 134 valence electrons. The zero-order valence-electron chi connectivity index (χ0n) is 14.7. The summed E-state index contributed by atoms with van der Waals surface area (Å²) >= 11 is 0. The van der Waals surface area contributed by atoms with E-state index in [-0.39, 0.29) is 17.0 Å². The number of hydrogen-bond donors (Lipinski definition) is 2. The highest BCUT2D eigenvalue weighted by molar-refractivity contribution is 5.63. The number of nitrogens with zero attached hydrogens (tertiary/aromatic N) is 1. The van der Waals surface area contributed by atoms with Crippen molar-refractivity contribution in [3.8, 4) is 11.1 Å². The monoisotopic (exact) mass is 343 g/mol. The zero-order valence-corrected chi connectivity index (χ0v) is 14.7. The van der Waals surface area contributed by atoms with Crippen LogP contribution in [0.3, 0.4) is 0 Å². The Labute approximate surface area is 147 Å². The van der Waals surface area contributed by atoms with Crippen molar-refractivity contribution in [3.05, 3.63) is 58.0 Å². The standard InChI is InChI=1S/C20H25NO4/c1-13-3-5-16(6-4-13)17-11-21(12-18(19(17)22)20(23)24)14(2)15-7-9-25-10-8-15/h3-6,11-12,14-15,20,23-24H,7-10H2,1-2H3/t14-/m1/s1. The molecule has 1 atom stereocenters. The number of aryl methyl sites for hydroxylation is 1. The van der Waals surface area contributed by atoms with Crippen LogP contribution < -0.4 is 5.43 Å². The second kappa shape index (κ2) is 7.52. The van der Waals surface area contributed by atoms with Crippen molar-refractivity contribution in [2.45, 2.75) is 39.0 Å². The molecule has 0 radical (unpaired) electrons. The topological polar surface area (TPSA) is 71.7 Å². The summed E-state index contributed by atoms with van der Waals surface area (Å²) in [6, 6.07) is 7.82. The molecule has 1 aliphatic heterocycles. The van der Waals surface area contributed by atoms with E-state index in [2.05, 4.69) is 6.92 Å². The van der Waals surface area contributed by atoms with Crippen molar-refractivity contribution in [1.29, 1.82) is 0 Å². The molecule has 1 aromatic carbocycles. The van der Waals surface area contributed by atoms with Crippen LogP contribution in [0.25, 0.3) is 11.1 Å². The van der Waals surface area contributed by atoms with Crippen molar-refractivity contribution < 1.29 is 14.9 Å². The van der Waals surface area contributed by atoms with E-state index >= 15 is 0 Å². The van der Waals surface area contributed by atoms with E-state index in [0.717, 1.165) is 37.2 Å². The molecule has 1 aromatic heterocycles. The van der Waals surface area contributed by atoms with Gasteiger partial charge in [0.15, 0.2) is 11.7 Å². The van der Waals surface area contributed by atoms with Gasteiger partial charge in [0.25, 0.3) is 0 Å². The molecule has 0 unspecified atom stereocenters. The van der Waals surface area contributed by atoms with Gasteiger partial charge in [-0.25, -0.2) is 0 Å². The number of benzene rings is 1. The molecular formula is C20H25NO4. The molecule has 0 bridgehead atoms. The molecule has 0 spiro atoms. The fraction of sp³-hybridized carbons (Fsp3) is 0.450. The lowest BCUT2D eigenvalue weighted by atomic mass is 9.92. The van der Waals surface area contributed by atoms with Gasteiger partial charge in [-0.3, -0.25) is 4.79 Å². The zero-order chi connectivity index (χ0) is 18.0. The first-order valence-corrected chi connectivity index (χ1v) is 8.74. The maximum atomic E-state index is 12.7. The summed E-state index contributed by atoms with van der Waals surface area (Å²) in [5.41, 5.74) is 2.06. The number of aliphatic hydroxyl groups is 2. The number of pyridine rings is 1. The molecule has 2 aromatic rings. The molecular weight excluding hydrogens is 318 g/mol. The Morgan fingerprint density at radius 2 is 1.76 bits per heavy atom. The van der Waals surface area contributed by atoms with Crippen LogP contribution in [0.2, 0.25) is 0 Å². The molecule has 5 heteroatoms. The fourth-order valence-corrected chi connectivity index (χ4v) is 3.42. The number of aromatic nitrogens is 1. The molecule has 1 fully saturated rings. The number of ether oxygens (including phenoxy) is 1. The summed E-state index contributed by atoms with van der Waals surface area (Å²) in [4.78, 5) is 12.7. The molecule has 2 heterocycles. The molecule has 1 saturated heterocycles. The van der Waals surface area contributed by atoms with E-state index < -0.39 is 6.29 Å². The third-order valence-electron chi connectivity index (χ3n) is 5.13. The van der Waals surface area contributed by atoms with Crippen molar-refractivity contribution in [2.75, 3.05) is 13.2 Å². The number of hydrogen-bond acceptors (Lipinski definition) is 4. The van der Waals surface area contributed by atoms with Crippen LogP contribution in [-0.2, 0) is 4.74 Å². The average molecular weight is 343 g/mol. The first-order valence-electron chi connectivity index (χ1n) is 8.74. The van der Waals surface area contributed by atoms with E-state index in [1.807, 2.05) is 42.0 Å². The van der Waals surface area contributed by atoms with Crippen LogP contribution in [0.15, 0.2) is 41.5 Å². The Kier molecular flexibility index (Phi) is 5.37. The average Bonchev–Trinajstić information content (AvgIpc) is 2.62. The van der Waals surface area contributed by atoms with Crippen molar-refractivity contribution in [2.24, 2.45) is 5.92 Å². The molecule has 3 rings (SSSR count). The first-order chi connectivity index (χ1) is 12.0. The molecule has 5 nitrogen and oxygen atoms in total. The lowest BCUT2D eigenvalue weighted by Gasteiger charge is -2.30. The smallest absolute Gasteiger partial charge is 0.197 e. The van der Waals surface area contributed by atoms with Gasteiger partial charge in [-0.1, -0.05) is 29.8 Å². The Bertz CT molecular complexity index is 773. The molecule has 25 heavy (non-hydrogen) atoms. The van der Waals surface area contributed by atoms with Crippen LogP contribution in [0, 0.1) is 12.8 Å². The summed E-state index contributed by atoms with van der Waals surface area (Å²) in [5.74, 6) is 0.436. The normalized spacial score (nSPS) is 17.0. The van der Waals surface area contributed by atoms with E-state index in [1.165, 1.54) is 0 Å². The van der Waals surface area contributed by atoms with Crippen LogP contribution >= 0.6 is 0 Å². The summed E-state index contributed by atoms with van der Waals surface area (Å²) in [7, 11) is 0. The maximum absolute atomic E-state index is 12.7. The van der Waals surface area contributed by atoms with Crippen LogP contribution in [0.4, 0.5) is 0 Å². The minimum absolute atomic E-state index is 0.0111. The second-order valence-electron chi connectivity index (χ2n) is 6.83. The Hall–Kier alpha value is -1.95. The number of rotatable bonds is 4. The Morgan fingerprint density at radius 3 is 2.36 bits per heavy atom. The predicted octanol–water partition coefficient (Wildman–Crippen LogP) is 2.79. The van der Waals surface area contributed by atoms with E-state index in [4.69, 9.17) is 4.74 Å². The van der Waals surface area contributed by atoms with Crippen LogP contribution in [0.1, 0.15) is 43.2 Å². The van der Waals surface area contributed by atoms with Crippen molar-refractivity contribution in [1.82, 2.24) is 4.57 Å². The number of aliphatic hydroxyl groups excluding tert-OH is 1.